The van der Waals surface area contributed by atoms with Gasteiger partial charge >= 0.3 is 0 Å². The number of amides is 1. The zero-order valence-electron chi connectivity index (χ0n) is 10.6. The summed E-state index contributed by atoms with van der Waals surface area (Å²) in [5.41, 5.74) is 2.06. The molecule has 0 spiro atoms. The zero-order valence-corrected chi connectivity index (χ0v) is 12.2. The molecule has 2 rings (SSSR count). The monoisotopic (exact) mass is 320 g/mol. The highest BCUT2D eigenvalue weighted by atomic mass is 79.9. The largest absolute Gasteiger partial charge is 0.339 e. The highest BCUT2D eigenvalue weighted by Crippen LogP contribution is 2.22. The van der Waals surface area contributed by atoms with E-state index < -0.39 is 0 Å². The minimum absolute atomic E-state index is 0.168. The average Bonchev–Trinajstić information content (AvgIpc) is 2.36. The van der Waals surface area contributed by atoms with Crippen molar-refractivity contribution in [1.82, 2.24) is 10.2 Å². The molecular formula is C13H13BrN4O. The molecule has 0 atom stereocenters. The van der Waals surface area contributed by atoms with Crippen LogP contribution in [0.1, 0.15) is 12.5 Å². The third kappa shape index (κ3) is 3.75. The number of aryl methyl sites for hydroxylation is 1. The Labute approximate surface area is 119 Å². The zero-order chi connectivity index (χ0) is 13.8. The molecule has 1 amide bonds. The van der Waals surface area contributed by atoms with Crippen molar-refractivity contribution in [2.45, 2.75) is 13.8 Å². The van der Waals surface area contributed by atoms with Crippen molar-refractivity contribution < 1.29 is 4.79 Å². The Morgan fingerprint density at radius 2 is 1.84 bits per heavy atom. The summed E-state index contributed by atoms with van der Waals surface area (Å²) < 4.78 is 1.06. The van der Waals surface area contributed by atoms with Gasteiger partial charge in [-0.2, -0.15) is 0 Å². The van der Waals surface area contributed by atoms with Gasteiger partial charge in [0.15, 0.2) is 11.6 Å². The molecule has 0 aliphatic heterocycles. The van der Waals surface area contributed by atoms with E-state index in [1.54, 1.807) is 12.1 Å². The van der Waals surface area contributed by atoms with Crippen molar-refractivity contribution in [1.29, 1.82) is 0 Å². The van der Waals surface area contributed by atoms with Crippen molar-refractivity contribution in [2.24, 2.45) is 0 Å². The van der Waals surface area contributed by atoms with Gasteiger partial charge in [-0.15, -0.1) is 10.2 Å². The van der Waals surface area contributed by atoms with Crippen LogP contribution in [0.15, 0.2) is 34.8 Å². The Bertz CT molecular complexity index is 598. The number of rotatable bonds is 3. The first-order valence-electron chi connectivity index (χ1n) is 5.69. The number of anilines is 3. The van der Waals surface area contributed by atoms with Crippen LogP contribution in [0.5, 0.6) is 0 Å². The molecule has 0 aliphatic rings. The molecule has 0 bridgehead atoms. The van der Waals surface area contributed by atoms with Crippen molar-refractivity contribution in [2.75, 3.05) is 10.6 Å². The van der Waals surface area contributed by atoms with Crippen LogP contribution < -0.4 is 10.6 Å². The lowest BCUT2D eigenvalue weighted by Gasteiger charge is -2.07. The molecule has 1 aromatic heterocycles. The summed E-state index contributed by atoms with van der Waals surface area (Å²) in [5, 5.41) is 13.6. The summed E-state index contributed by atoms with van der Waals surface area (Å²) in [7, 11) is 0. The summed E-state index contributed by atoms with van der Waals surface area (Å²) in [6.45, 7) is 3.44. The van der Waals surface area contributed by atoms with E-state index >= 15 is 0 Å². The predicted molar refractivity (Wildman–Crippen MR) is 78.5 cm³/mol. The Balaban J connectivity index is 2.10. The van der Waals surface area contributed by atoms with Gasteiger partial charge < -0.3 is 10.6 Å². The number of nitrogens with zero attached hydrogens (tertiary/aromatic N) is 2. The van der Waals surface area contributed by atoms with Crippen molar-refractivity contribution >= 4 is 39.2 Å². The maximum atomic E-state index is 10.9. The quantitative estimate of drug-likeness (QED) is 0.911. The van der Waals surface area contributed by atoms with Crippen LogP contribution in [0.25, 0.3) is 0 Å². The number of halogens is 1. The van der Waals surface area contributed by atoms with Gasteiger partial charge in [-0.3, -0.25) is 4.79 Å². The first-order chi connectivity index (χ1) is 9.04. The second-order valence-electron chi connectivity index (χ2n) is 4.07. The molecule has 0 saturated carbocycles. The van der Waals surface area contributed by atoms with Gasteiger partial charge in [0.2, 0.25) is 5.91 Å². The Morgan fingerprint density at radius 3 is 2.42 bits per heavy atom. The standard InChI is InChI=1S/C13H13BrN4O/c1-8-7-10(3-4-11(8)14)16-13-6-5-12(17-18-13)15-9(2)19/h3-7H,1-2H3,(H,16,18)(H,15,17,19). The Morgan fingerprint density at radius 1 is 1.16 bits per heavy atom. The number of nitrogens with one attached hydrogen (secondary N) is 2. The van der Waals surface area contributed by atoms with E-state index in [4.69, 9.17) is 0 Å². The second-order valence-corrected chi connectivity index (χ2v) is 4.93. The highest BCUT2D eigenvalue weighted by Gasteiger charge is 2.01. The van der Waals surface area contributed by atoms with Gasteiger partial charge in [0, 0.05) is 17.1 Å². The fourth-order valence-corrected chi connectivity index (χ4v) is 1.76. The van der Waals surface area contributed by atoms with Crippen LogP contribution in [-0.2, 0) is 4.79 Å². The van der Waals surface area contributed by atoms with Gasteiger partial charge in [-0.1, -0.05) is 15.9 Å². The van der Waals surface area contributed by atoms with Crippen LogP contribution in [-0.4, -0.2) is 16.1 Å². The topological polar surface area (TPSA) is 66.9 Å². The summed E-state index contributed by atoms with van der Waals surface area (Å²) in [4.78, 5) is 10.9. The molecule has 19 heavy (non-hydrogen) atoms. The average molecular weight is 321 g/mol. The minimum Gasteiger partial charge on any atom is -0.339 e. The first-order valence-corrected chi connectivity index (χ1v) is 6.48. The van der Waals surface area contributed by atoms with Crippen molar-refractivity contribution in [3.05, 3.63) is 40.4 Å². The van der Waals surface area contributed by atoms with Crippen LogP contribution in [0, 0.1) is 6.92 Å². The van der Waals surface area contributed by atoms with Crippen LogP contribution in [0.2, 0.25) is 0 Å². The number of carbonyl (C=O) groups is 1. The maximum absolute atomic E-state index is 10.9. The minimum atomic E-state index is -0.168. The van der Waals surface area contributed by atoms with Gasteiger partial charge in [0.25, 0.3) is 0 Å². The summed E-state index contributed by atoms with van der Waals surface area (Å²) in [6, 6.07) is 9.38. The highest BCUT2D eigenvalue weighted by molar-refractivity contribution is 9.10. The molecule has 0 saturated heterocycles. The first kappa shape index (κ1) is 13.5. The van der Waals surface area contributed by atoms with E-state index in [0.717, 1.165) is 15.7 Å². The Kier molecular flexibility index (Phi) is 4.11. The van der Waals surface area contributed by atoms with Gasteiger partial charge in [0.1, 0.15) is 0 Å². The number of benzene rings is 1. The normalized spacial score (nSPS) is 10.1. The molecule has 0 radical (unpaired) electrons. The molecule has 0 unspecified atom stereocenters. The van der Waals surface area contributed by atoms with Gasteiger partial charge in [-0.05, 0) is 42.8 Å². The van der Waals surface area contributed by atoms with E-state index in [1.165, 1.54) is 6.92 Å². The Hall–Kier alpha value is -1.95. The maximum Gasteiger partial charge on any atom is 0.222 e. The molecule has 2 aromatic rings. The molecule has 0 aliphatic carbocycles. The lowest BCUT2D eigenvalue weighted by Crippen LogP contribution is -2.08. The van der Waals surface area contributed by atoms with Crippen molar-refractivity contribution in [3.63, 3.8) is 0 Å². The molecule has 5 nitrogen and oxygen atoms in total. The van der Waals surface area contributed by atoms with E-state index in [-0.39, 0.29) is 5.91 Å². The van der Waals surface area contributed by atoms with Crippen LogP contribution in [0.3, 0.4) is 0 Å². The smallest absolute Gasteiger partial charge is 0.222 e. The summed E-state index contributed by atoms with van der Waals surface area (Å²) >= 11 is 3.45. The number of aromatic nitrogens is 2. The third-order valence-electron chi connectivity index (χ3n) is 2.40. The van der Waals surface area contributed by atoms with E-state index in [0.29, 0.717) is 11.6 Å². The lowest BCUT2D eigenvalue weighted by atomic mass is 10.2. The molecular weight excluding hydrogens is 308 g/mol. The van der Waals surface area contributed by atoms with Crippen LogP contribution in [0.4, 0.5) is 17.3 Å². The molecule has 6 heteroatoms. The number of hydrogen-bond donors (Lipinski definition) is 2. The molecule has 0 fully saturated rings. The lowest BCUT2D eigenvalue weighted by molar-refractivity contribution is -0.114. The van der Waals surface area contributed by atoms with E-state index in [1.807, 2.05) is 25.1 Å². The van der Waals surface area contributed by atoms with Crippen LogP contribution >= 0.6 is 15.9 Å². The predicted octanol–water partition coefficient (Wildman–Crippen LogP) is 3.25. The summed E-state index contributed by atoms with van der Waals surface area (Å²) in [5.74, 6) is 0.888. The van der Waals surface area contributed by atoms with Gasteiger partial charge in [-0.25, -0.2) is 0 Å². The molecule has 2 N–H and O–H groups in total. The fourth-order valence-electron chi connectivity index (χ4n) is 1.52. The third-order valence-corrected chi connectivity index (χ3v) is 3.29. The SMILES string of the molecule is CC(=O)Nc1ccc(Nc2ccc(Br)c(C)c2)nn1. The molecule has 98 valence electrons. The molecule has 1 heterocycles. The fraction of sp³-hybridized carbons (Fsp3) is 0.154. The number of carbonyl (C=O) groups excluding carboxylic acids is 1. The second kappa shape index (κ2) is 5.79. The molecule has 1 aromatic carbocycles. The number of hydrogen-bond acceptors (Lipinski definition) is 4. The summed E-state index contributed by atoms with van der Waals surface area (Å²) in [6.07, 6.45) is 0. The van der Waals surface area contributed by atoms with E-state index in [9.17, 15) is 4.79 Å². The van der Waals surface area contributed by atoms with Gasteiger partial charge in [0.05, 0.1) is 0 Å². The van der Waals surface area contributed by atoms with Crippen molar-refractivity contribution in [3.8, 4) is 0 Å². The van der Waals surface area contributed by atoms with E-state index in [2.05, 4.69) is 36.8 Å².